The average Bonchev–Trinajstić information content (AvgIpc) is 2.69. The monoisotopic (exact) mass is 264 g/mol. The van der Waals surface area contributed by atoms with Crippen LogP contribution in [0.4, 0.5) is 0 Å². The van der Waals surface area contributed by atoms with Crippen LogP contribution in [0.2, 0.25) is 0 Å². The molecule has 1 amide bonds. The Hall–Kier alpha value is -1.75. The second kappa shape index (κ2) is 5.93. The van der Waals surface area contributed by atoms with Crippen molar-refractivity contribution in [3.63, 3.8) is 0 Å². The quantitative estimate of drug-likeness (QED) is 0.704. The fraction of sp³-hybridized carbons (Fsp3) is 0.500. The Balaban J connectivity index is 2.15. The number of carbonyl (C=O) groups is 1. The summed E-state index contributed by atoms with van der Waals surface area (Å²) in [5.74, 6) is -0.362. The maximum absolute atomic E-state index is 12.4. The number of benzene rings is 1. The second-order valence-corrected chi connectivity index (χ2v) is 4.95. The van der Waals surface area contributed by atoms with Crippen LogP contribution in [0.1, 0.15) is 29.6 Å². The lowest BCUT2D eigenvalue weighted by Crippen LogP contribution is -2.37. The zero-order valence-electron chi connectivity index (χ0n) is 11.1. The molecule has 1 aliphatic rings. The van der Waals surface area contributed by atoms with E-state index in [1.165, 1.54) is 18.2 Å². The van der Waals surface area contributed by atoms with Crippen LogP contribution in [0.25, 0.3) is 0 Å². The van der Waals surface area contributed by atoms with Gasteiger partial charge in [-0.2, -0.15) is 0 Å². The van der Waals surface area contributed by atoms with E-state index in [4.69, 9.17) is 0 Å². The third kappa shape index (κ3) is 3.17. The molecule has 1 aromatic rings. The Morgan fingerprint density at radius 3 is 2.89 bits per heavy atom. The number of nitrogens with one attached hydrogen (secondary N) is 1. The third-order valence-corrected chi connectivity index (χ3v) is 3.62. The highest BCUT2D eigenvalue weighted by Gasteiger charge is 2.24. The Bertz CT molecular complexity index is 454. The topological polar surface area (TPSA) is 72.8 Å². The normalized spacial score (nSPS) is 19.7. The van der Waals surface area contributed by atoms with Crippen LogP contribution in [0.5, 0.6) is 11.5 Å². The van der Waals surface area contributed by atoms with E-state index >= 15 is 0 Å². The Morgan fingerprint density at radius 2 is 2.11 bits per heavy atom. The SMILES string of the molecule is CN(C(=O)c1cc(O)ccc1O)C1CCCNCC1. The zero-order chi connectivity index (χ0) is 13.8. The molecule has 1 aromatic carbocycles. The third-order valence-electron chi connectivity index (χ3n) is 3.62. The maximum atomic E-state index is 12.4. The molecule has 5 heteroatoms. The molecule has 1 aliphatic heterocycles. The number of amides is 1. The summed E-state index contributed by atoms with van der Waals surface area (Å²) >= 11 is 0. The van der Waals surface area contributed by atoms with E-state index < -0.39 is 0 Å². The molecule has 1 heterocycles. The number of nitrogens with zero attached hydrogens (tertiary/aromatic N) is 1. The van der Waals surface area contributed by atoms with Crippen LogP contribution in [0.3, 0.4) is 0 Å². The average molecular weight is 264 g/mol. The fourth-order valence-corrected chi connectivity index (χ4v) is 2.44. The van der Waals surface area contributed by atoms with Crippen molar-refractivity contribution >= 4 is 5.91 Å². The standard InChI is InChI=1S/C14H20N2O3/c1-16(10-3-2-7-15-8-6-10)14(19)12-9-11(17)4-5-13(12)18/h4-5,9-10,15,17-18H,2-3,6-8H2,1H3. The lowest BCUT2D eigenvalue weighted by atomic mass is 10.1. The summed E-state index contributed by atoms with van der Waals surface area (Å²) in [5.41, 5.74) is 0.153. The maximum Gasteiger partial charge on any atom is 0.257 e. The van der Waals surface area contributed by atoms with Gasteiger partial charge in [0.15, 0.2) is 0 Å². The van der Waals surface area contributed by atoms with Crippen molar-refractivity contribution in [1.82, 2.24) is 10.2 Å². The summed E-state index contributed by atoms with van der Waals surface area (Å²) in [6.45, 7) is 1.88. The van der Waals surface area contributed by atoms with Gasteiger partial charge >= 0.3 is 0 Å². The summed E-state index contributed by atoms with van der Waals surface area (Å²) in [5, 5.41) is 22.5. The molecule has 2 rings (SSSR count). The minimum atomic E-state index is -0.250. The van der Waals surface area contributed by atoms with Crippen LogP contribution in [0.15, 0.2) is 18.2 Å². The number of hydrogen-bond donors (Lipinski definition) is 3. The van der Waals surface area contributed by atoms with Crippen molar-refractivity contribution in [2.24, 2.45) is 0 Å². The van der Waals surface area contributed by atoms with E-state index in [1.807, 2.05) is 0 Å². The predicted molar refractivity (Wildman–Crippen MR) is 72.4 cm³/mol. The van der Waals surface area contributed by atoms with Crippen molar-refractivity contribution in [1.29, 1.82) is 0 Å². The van der Waals surface area contributed by atoms with Gasteiger partial charge in [0.2, 0.25) is 0 Å². The van der Waals surface area contributed by atoms with E-state index in [0.717, 1.165) is 32.4 Å². The molecular formula is C14H20N2O3. The zero-order valence-corrected chi connectivity index (χ0v) is 11.1. The van der Waals surface area contributed by atoms with E-state index in [9.17, 15) is 15.0 Å². The van der Waals surface area contributed by atoms with E-state index in [2.05, 4.69) is 5.32 Å². The van der Waals surface area contributed by atoms with E-state index in [0.29, 0.717) is 0 Å². The van der Waals surface area contributed by atoms with Crippen LogP contribution in [-0.4, -0.2) is 47.2 Å². The molecule has 0 aliphatic carbocycles. The van der Waals surface area contributed by atoms with Crippen LogP contribution in [-0.2, 0) is 0 Å². The number of rotatable bonds is 2. The van der Waals surface area contributed by atoms with Gasteiger partial charge in [0.1, 0.15) is 11.5 Å². The molecule has 5 nitrogen and oxygen atoms in total. The number of aromatic hydroxyl groups is 2. The molecular weight excluding hydrogens is 244 g/mol. The highest BCUT2D eigenvalue weighted by molar-refractivity contribution is 5.97. The van der Waals surface area contributed by atoms with Gasteiger partial charge < -0.3 is 20.4 Å². The Labute approximate surface area is 112 Å². The summed E-state index contributed by atoms with van der Waals surface area (Å²) < 4.78 is 0. The van der Waals surface area contributed by atoms with Crippen LogP contribution in [0, 0.1) is 0 Å². The van der Waals surface area contributed by atoms with Gasteiger partial charge in [-0.25, -0.2) is 0 Å². The van der Waals surface area contributed by atoms with Gasteiger partial charge in [-0.3, -0.25) is 4.79 Å². The van der Waals surface area contributed by atoms with Crippen LogP contribution < -0.4 is 5.32 Å². The molecule has 0 aromatic heterocycles. The molecule has 1 fully saturated rings. The highest BCUT2D eigenvalue weighted by Crippen LogP contribution is 2.25. The first kappa shape index (κ1) is 13.7. The highest BCUT2D eigenvalue weighted by atomic mass is 16.3. The van der Waals surface area contributed by atoms with Crippen molar-refractivity contribution in [2.75, 3.05) is 20.1 Å². The predicted octanol–water partition coefficient (Wildman–Crippen LogP) is 1.31. The molecule has 104 valence electrons. The molecule has 0 saturated carbocycles. The van der Waals surface area contributed by atoms with Crippen molar-refractivity contribution < 1.29 is 15.0 Å². The largest absolute Gasteiger partial charge is 0.508 e. The first-order valence-corrected chi connectivity index (χ1v) is 6.59. The van der Waals surface area contributed by atoms with Crippen molar-refractivity contribution in [2.45, 2.75) is 25.3 Å². The molecule has 0 radical (unpaired) electrons. The van der Waals surface area contributed by atoms with Crippen molar-refractivity contribution in [3.05, 3.63) is 23.8 Å². The molecule has 0 bridgehead atoms. The second-order valence-electron chi connectivity index (χ2n) is 4.95. The first-order chi connectivity index (χ1) is 9.09. The number of phenolic OH excluding ortho intramolecular Hbond substituents is 2. The number of phenols is 2. The first-order valence-electron chi connectivity index (χ1n) is 6.59. The van der Waals surface area contributed by atoms with Gasteiger partial charge in [-0.1, -0.05) is 0 Å². The lowest BCUT2D eigenvalue weighted by Gasteiger charge is -2.27. The lowest BCUT2D eigenvalue weighted by molar-refractivity contribution is 0.0717. The van der Waals surface area contributed by atoms with Gasteiger partial charge in [0.25, 0.3) is 5.91 Å². The van der Waals surface area contributed by atoms with Gasteiger partial charge in [-0.15, -0.1) is 0 Å². The van der Waals surface area contributed by atoms with Gasteiger partial charge in [0, 0.05) is 13.1 Å². The summed E-state index contributed by atoms with van der Waals surface area (Å²) in [6.07, 6.45) is 2.89. The molecule has 0 spiro atoms. The minimum Gasteiger partial charge on any atom is -0.508 e. The van der Waals surface area contributed by atoms with Gasteiger partial charge in [-0.05, 0) is 50.6 Å². The smallest absolute Gasteiger partial charge is 0.257 e. The molecule has 19 heavy (non-hydrogen) atoms. The van der Waals surface area contributed by atoms with E-state index in [1.54, 1.807) is 11.9 Å². The molecule has 3 N–H and O–H groups in total. The van der Waals surface area contributed by atoms with E-state index in [-0.39, 0.29) is 29.0 Å². The summed E-state index contributed by atoms with van der Waals surface area (Å²) in [6, 6.07) is 4.18. The van der Waals surface area contributed by atoms with Crippen LogP contribution >= 0.6 is 0 Å². The number of carbonyl (C=O) groups excluding carboxylic acids is 1. The molecule has 1 atom stereocenters. The van der Waals surface area contributed by atoms with Gasteiger partial charge in [0.05, 0.1) is 5.56 Å². The van der Waals surface area contributed by atoms with Crippen molar-refractivity contribution in [3.8, 4) is 11.5 Å². The molecule has 1 unspecified atom stereocenters. The minimum absolute atomic E-state index is 0.0166. The summed E-state index contributed by atoms with van der Waals surface area (Å²) in [4.78, 5) is 14.0. The fourth-order valence-electron chi connectivity index (χ4n) is 2.44. The number of hydrogen-bond acceptors (Lipinski definition) is 4. The Morgan fingerprint density at radius 1 is 1.32 bits per heavy atom. The molecule has 1 saturated heterocycles. The summed E-state index contributed by atoms with van der Waals surface area (Å²) in [7, 11) is 1.75. The Kier molecular flexibility index (Phi) is 4.27.